The molecule has 2 aromatic carbocycles. The molecular weight excluding hydrogens is 464 g/mol. The third-order valence-corrected chi connectivity index (χ3v) is 5.27. The van der Waals surface area contributed by atoms with Gasteiger partial charge in [0.05, 0.1) is 16.0 Å². The van der Waals surface area contributed by atoms with Gasteiger partial charge in [-0.05, 0) is 56.1 Å². The summed E-state index contributed by atoms with van der Waals surface area (Å²) in [5.41, 5.74) is 8.75. The van der Waals surface area contributed by atoms with Gasteiger partial charge < -0.3 is 14.9 Å². The average Bonchev–Trinajstić information content (AvgIpc) is 3.11. The minimum atomic E-state index is -0.392. The van der Waals surface area contributed by atoms with Gasteiger partial charge in [-0.25, -0.2) is 0 Å². The molecule has 0 aliphatic carbocycles. The summed E-state index contributed by atoms with van der Waals surface area (Å²) >= 11 is 6.80. The van der Waals surface area contributed by atoms with Crippen LogP contribution in [0, 0.1) is 10.1 Å². The van der Waals surface area contributed by atoms with E-state index in [2.05, 4.69) is 42.5 Å². The highest BCUT2D eigenvalue weighted by atomic mass is 79.9. The minimum Gasteiger partial charge on any atom is -0.399 e. The third kappa shape index (κ3) is 3.47. The lowest BCUT2D eigenvalue weighted by Crippen LogP contribution is -1.90. The molecule has 0 amide bonds. The van der Waals surface area contributed by atoms with Crippen LogP contribution in [0.15, 0.2) is 57.7 Å². The van der Waals surface area contributed by atoms with Gasteiger partial charge in [0.2, 0.25) is 0 Å². The lowest BCUT2D eigenvalue weighted by molar-refractivity contribution is -0.384. The first-order valence-electron chi connectivity index (χ1n) is 7.67. The maximum absolute atomic E-state index is 10.6. The van der Waals surface area contributed by atoms with Crippen molar-refractivity contribution in [1.82, 2.24) is 9.13 Å². The molecule has 6 nitrogen and oxygen atoms in total. The first kappa shape index (κ1) is 18.5. The number of aromatic nitrogens is 2. The zero-order chi connectivity index (χ0) is 19.0. The maximum atomic E-state index is 10.6. The fraction of sp³-hybridized carbons (Fsp3) is 0.111. The van der Waals surface area contributed by atoms with E-state index in [1.807, 2.05) is 49.3 Å². The van der Waals surface area contributed by atoms with Crippen LogP contribution in [0.2, 0.25) is 0 Å². The fourth-order valence-corrected chi connectivity index (χ4v) is 4.40. The molecule has 2 N–H and O–H groups in total. The monoisotopic (exact) mass is 478 g/mol. The third-order valence-electron chi connectivity index (χ3n) is 4.06. The molecule has 4 rings (SSSR count). The lowest BCUT2D eigenvalue weighted by Gasteiger charge is -2.00. The molecule has 0 atom stereocenters. The van der Waals surface area contributed by atoms with Crippen molar-refractivity contribution in [3.63, 3.8) is 0 Å². The Morgan fingerprint density at radius 1 is 0.923 bits per heavy atom. The highest BCUT2D eigenvalue weighted by Crippen LogP contribution is 2.29. The molecule has 0 aliphatic heterocycles. The predicted molar refractivity (Wildman–Crippen MR) is 112 cm³/mol. The molecule has 4 aromatic rings. The van der Waals surface area contributed by atoms with Crippen LogP contribution in [0.1, 0.15) is 0 Å². The van der Waals surface area contributed by atoms with Crippen LogP contribution in [-0.2, 0) is 14.1 Å². The summed E-state index contributed by atoms with van der Waals surface area (Å²) in [5, 5.41) is 12.6. The van der Waals surface area contributed by atoms with Crippen LogP contribution in [0.25, 0.3) is 21.8 Å². The summed E-state index contributed by atoms with van der Waals surface area (Å²) < 4.78 is 5.78. The SMILES string of the molecule is Cn1ccc2cc(N)cc(Br)c21.Cn1ccc2cc([N+](=O)[O-])cc(Br)c21. The number of fused-ring (bicyclic) bond motifs is 2. The smallest absolute Gasteiger partial charge is 0.271 e. The Hall–Kier alpha value is -2.32. The van der Waals surface area contributed by atoms with Crippen molar-refractivity contribution in [3.05, 3.63) is 67.9 Å². The molecule has 0 bridgehead atoms. The van der Waals surface area contributed by atoms with E-state index in [-0.39, 0.29) is 5.69 Å². The topological polar surface area (TPSA) is 79.0 Å². The predicted octanol–water partition coefficient (Wildman–Crippen LogP) is 5.37. The molecular formula is C18H16Br2N4O2. The Kier molecular flexibility index (Phi) is 5.06. The molecule has 2 aromatic heterocycles. The summed E-state index contributed by atoms with van der Waals surface area (Å²) in [5.74, 6) is 0. The Morgan fingerprint density at radius 3 is 1.96 bits per heavy atom. The van der Waals surface area contributed by atoms with Gasteiger partial charge in [-0.1, -0.05) is 0 Å². The quantitative estimate of drug-likeness (QED) is 0.226. The van der Waals surface area contributed by atoms with Gasteiger partial charge in [0, 0.05) is 64.0 Å². The standard InChI is InChI=1S/C9H7BrN2O2.C9H9BrN2/c1-11-3-2-6-4-7(12(13)14)5-8(10)9(6)11;1-12-3-2-6-4-7(11)5-8(10)9(6)12/h2-5H,1H3;2-5H,11H2,1H3. The number of non-ortho nitro benzene ring substituents is 1. The van der Waals surface area contributed by atoms with Gasteiger partial charge in [-0.15, -0.1) is 0 Å². The fourth-order valence-electron chi connectivity index (χ4n) is 2.88. The van der Waals surface area contributed by atoms with Crippen molar-refractivity contribution in [2.75, 3.05) is 5.73 Å². The molecule has 26 heavy (non-hydrogen) atoms. The summed E-state index contributed by atoms with van der Waals surface area (Å²) in [7, 11) is 3.92. The summed E-state index contributed by atoms with van der Waals surface area (Å²) in [6.45, 7) is 0. The highest BCUT2D eigenvalue weighted by molar-refractivity contribution is 9.11. The Bertz CT molecular complexity index is 1130. The van der Waals surface area contributed by atoms with E-state index in [9.17, 15) is 10.1 Å². The van der Waals surface area contributed by atoms with E-state index < -0.39 is 4.92 Å². The van der Waals surface area contributed by atoms with Crippen LogP contribution in [0.3, 0.4) is 0 Å². The van der Waals surface area contributed by atoms with E-state index in [0.717, 1.165) is 25.5 Å². The molecule has 2 heterocycles. The van der Waals surface area contributed by atoms with Crippen LogP contribution < -0.4 is 5.73 Å². The summed E-state index contributed by atoms with van der Waals surface area (Å²) in [6.07, 6.45) is 3.90. The molecule has 0 radical (unpaired) electrons. The number of benzene rings is 2. The number of aryl methyl sites for hydroxylation is 2. The second kappa shape index (κ2) is 7.13. The number of nitro groups is 1. The van der Waals surface area contributed by atoms with Gasteiger partial charge in [0.25, 0.3) is 5.69 Å². The van der Waals surface area contributed by atoms with Gasteiger partial charge in [-0.2, -0.15) is 0 Å². The number of anilines is 1. The van der Waals surface area contributed by atoms with Crippen LogP contribution in [0.5, 0.6) is 0 Å². The van der Waals surface area contributed by atoms with Crippen molar-refractivity contribution in [2.24, 2.45) is 14.1 Å². The minimum absolute atomic E-state index is 0.107. The zero-order valence-corrected chi connectivity index (χ0v) is 17.3. The number of nitrogens with zero attached hydrogens (tertiary/aromatic N) is 3. The van der Waals surface area contributed by atoms with Crippen molar-refractivity contribution in [3.8, 4) is 0 Å². The van der Waals surface area contributed by atoms with Gasteiger partial charge >= 0.3 is 0 Å². The average molecular weight is 480 g/mol. The number of hydrogen-bond acceptors (Lipinski definition) is 3. The molecule has 0 aliphatic rings. The van der Waals surface area contributed by atoms with E-state index in [1.165, 1.54) is 17.0 Å². The van der Waals surface area contributed by atoms with Gasteiger partial charge in [-0.3, -0.25) is 10.1 Å². The lowest BCUT2D eigenvalue weighted by atomic mass is 10.2. The Morgan fingerprint density at radius 2 is 1.42 bits per heavy atom. The zero-order valence-electron chi connectivity index (χ0n) is 14.1. The first-order valence-corrected chi connectivity index (χ1v) is 9.25. The van der Waals surface area contributed by atoms with Gasteiger partial charge in [0.15, 0.2) is 0 Å². The Labute approximate surface area is 166 Å². The maximum Gasteiger partial charge on any atom is 0.271 e. The number of nitrogens with two attached hydrogens (primary N) is 1. The molecule has 8 heteroatoms. The molecule has 0 saturated heterocycles. The van der Waals surface area contributed by atoms with Crippen LogP contribution in [0.4, 0.5) is 11.4 Å². The van der Waals surface area contributed by atoms with Crippen molar-refractivity contribution < 1.29 is 4.92 Å². The van der Waals surface area contributed by atoms with Crippen molar-refractivity contribution >= 4 is 65.0 Å². The van der Waals surface area contributed by atoms with Crippen molar-refractivity contribution in [2.45, 2.75) is 0 Å². The van der Waals surface area contributed by atoms with E-state index in [4.69, 9.17) is 5.73 Å². The second-order valence-corrected chi connectivity index (χ2v) is 7.63. The molecule has 0 saturated carbocycles. The number of nitro benzene ring substituents is 1. The van der Waals surface area contributed by atoms with Gasteiger partial charge in [0.1, 0.15) is 0 Å². The number of hydrogen-bond donors (Lipinski definition) is 1. The molecule has 134 valence electrons. The number of nitrogen functional groups attached to an aromatic ring is 1. The van der Waals surface area contributed by atoms with Crippen molar-refractivity contribution in [1.29, 1.82) is 0 Å². The number of rotatable bonds is 1. The highest BCUT2D eigenvalue weighted by Gasteiger charge is 2.11. The van der Waals surface area contributed by atoms with Crippen LogP contribution >= 0.6 is 31.9 Å². The molecule has 0 spiro atoms. The van der Waals surface area contributed by atoms with Crippen LogP contribution in [-0.4, -0.2) is 14.1 Å². The first-order chi connectivity index (χ1) is 12.3. The number of halogens is 2. The second-order valence-electron chi connectivity index (χ2n) is 5.92. The summed E-state index contributed by atoms with van der Waals surface area (Å²) in [6, 6.07) is 10.9. The molecule has 0 unspecified atom stereocenters. The largest absolute Gasteiger partial charge is 0.399 e. The summed E-state index contributed by atoms with van der Waals surface area (Å²) in [4.78, 5) is 10.2. The Balaban J connectivity index is 0.000000152. The molecule has 0 fully saturated rings. The van der Waals surface area contributed by atoms with E-state index >= 15 is 0 Å². The van der Waals surface area contributed by atoms with E-state index in [1.54, 1.807) is 6.07 Å². The normalized spacial score (nSPS) is 10.8. The van der Waals surface area contributed by atoms with E-state index in [0.29, 0.717) is 0 Å².